The molecule has 1 N–H and O–H groups in total. The summed E-state index contributed by atoms with van der Waals surface area (Å²) in [6.45, 7) is 2.61. The van der Waals surface area contributed by atoms with Gasteiger partial charge < -0.3 is 14.3 Å². The van der Waals surface area contributed by atoms with Gasteiger partial charge in [0.1, 0.15) is 18.1 Å². The molecular formula is C21H25F3O3. The van der Waals surface area contributed by atoms with Gasteiger partial charge in [-0.2, -0.15) is 13.2 Å². The number of aliphatic hydroxyl groups is 1. The Balaban J connectivity index is 1.88. The quantitative estimate of drug-likeness (QED) is 0.655. The van der Waals surface area contributed by atoms with Gasteiger partial charge in [0.05, 0.1) is 11.7 Å². The van der Waals surface area contributed by atoms with Crippen LogP contribution in [0.15, 0.2) is 34.7 Å². The van der Waals surface area contributed by atoms with Gasteiger partial charge in [-0.1, -0.05) is 31.4 Å². The minimum atomic E-state index is -4.37. The molecule has 0 bridgehead atoms. The van der Waals surface area contributed by atoms with Crippen LogP contribution in [0.5, 0.6) is 0 Å². The standard InChI is InChI=1S/C21H25F3O3/c1-2-26-13-19-17(20(25)15-6-4-3-5-7-15)12-18(27-19)14-8-10-16(11-9-14)21(22,23)24/h8-12,15,20,25H,2-7,13H2,1H3. The minimum Gasteiger partial charge on any atom is -0.458 e. The molecule has 1 aliphatic rings. The zero-order chi connectivity index (χ0) is 19.4. The second kappa shape index (κ2) is 8.48. The van der Waals surface area contributed by atoms with Crippen LogP contribution in [0.2, 0.25) is 0 Å². The van der Waals surface area contributed by atoms with Gasteiger partial charge in [0, 0.05) is 17.7 Å². The van der Waals surface area contributed by atoms with E-state index in [1.165, 1.54) is 18.6 Å². The van der Waals surface area contributed by atoms with Gasteiger partial charge >= 0.3 is 6.18 Å². The van der Waals surface area contributed by atoms with Crippen LogP contribution in [0.1, 0.15) is 62.0 Å². The van der Waals surface area contributed by atoms with Crippen molar-refractivity contribution >= 4 is 0 Å². The lowest BCUT2D eigenvalue weighted by Crippen LogP contribution is -2.16. The van der Waals surface area contributed by atoms with Gasteiger partial charge in [0.15, 0.2) is 0 Å². The first-order valence-electron chi connectivity index (χ1n) is 9.46. The zero-order valence-electron chi connectivity index (χ0n) is 15.4. The van der Waals surface area contributed by atoms with Gasteiger partial charge in [-0.3, -0.25) is 0 Å². The molecule has 148 valence electrons. The Morgan fingerprint density at radius 3 is 2.41 bits per heavy atom. The molecule has 0 saturated heterocycles. The van der Waals surface area contributed by atoms with E-state index < -0.39 is 17.8 Å². The number of ether oxygens (including phenoxy) is 1. The van der Waals surface area contributed by atoms with Crippen molar-refractivity contribution in [2.45, 2.75) is 57.9 Å². The number of aliphatic hydroxyl groups excluding tert-OH is 1. The maximum atomic E-state index is 12.8. The maximum Gasteiger partial charge on any atom is 0.416 e. The molecule has 3 rings (SSSR count). The molecule has 0 aliphatic heterocycles. The van der Waals surface area contributed by atoms with Crippen LogP contribution in [0.4, 0.5) is 13.2 Å². The first-order chi connectivity index (χ1) is 12.9. The number of rotatable bonds is 6. The summed E-state index contributed by atoms with van der Waals surface area (Å²) in [5.41, 5.74) is 0.530. The molecule has 27 heavy (non-hydrogen) atoms. The highest BCUT2D eigenvalue weighted by atomic mass is 19.4. The van der Waals surface area contributed by atoms with E-state index in [9.17, 15) is 18.3 Å². The van der Waals surface area contributed by atoms with Crippen molar-refractivity contribution in [3.8, 4) is 11.3 Å². The highest BCUT2D eigenvalue weighted by Gasteiger charge is 2.31. The molecule has 0 spiro atoms. The smallest absolute Gasteiger partial charge is 0.416 e. The fourth-order valence-electron chi connectivity index (χ4n) is 3.67. The molecule has 3 nitrogen and oxygen atoms in total. The van der Waals surface area contributed by atoms with Crippen LogP contribution in [-0.4, -0.2) is 11.7 Å². The van der Waals surface area contributed by atoms with Gasteiger partial charge in [0.2, 0.25) is 0 Å². The second-order valence-electron chi connectivity index (χ2n) is 7.04. The summed E-state index contributed by atoms with van der Waals surface area (Å²) in [4.78, 5) is 0. The van der Waals surface area contributed by atoms with E-state index in [2.05, 4.69) is 0 Å². The molecule has 1 unspecified atom stereocenters. The molecule has 1 heterocycles. The third kappa shape index (κ3) is 4.74. The van der Waals surface area contributed by atoms with Gasteiger partial charge in [-0.05, 0) is 43.9 Å². The van der Waals surface area contributed by atoms with Crippen molar-refractivity contribution in [1.82, 2.24) is 0 Å². The number of furan rings is 1. The fraction of sp³-hybridized carbons (Fsp3) is 0.524. The normalized spacial score (nSPS) is 17.2. The molecule has 6 heteroatoms. The monoisotopic (exact) mass is 382 g/mol. The van der Waals surface area contributed by atoms with Crippen LogP contribution in [-0.2, 0) is 17.5 Å². The molecule has 1 saturated carbocycles. The molecule has 1 aromatic carbocycles. The topological polar surface area (TPSA) is 42.6 Å². The van der Waals surface area contributed by atoms with E-state index >= 15 is 0 Å². The first kappa shape index (κ1) is 20.0. The number of hydrogen-bond acceptors (Lipinski definition) is 3. The van der Waals surface area contributed by atoms with Crippen molar-refractivity contribution in [2.75, 3.05) is 6.61 Å². The molecule has 1 fully saturated rings. The first-order valence-corrected chi connectivity index (χ1v) is 9.46. The van der Waals surface area contributed by atoms with Crippen LogP contribution < -0.4 is 0 Å². The molecule has 1 atom stereocenters. The molecule has 1 aliphatic carbocycles. The lowest BCUT2D eigenvalue weighted by atomic mass is 9.82. The number of halogens is 3. The molecule has 1 aromatic heterocycles. The van der Waals surface area contributed by atoms with Crippen molar-refractivity contribution in [2.24, 2.45) is 5.92 Å². The minimum absolute atomic E-state index is 0.178. The van der Waals surface area contributed by atoms with E-state index in [4.69, 9.17) is 9.15 Å². The third-order valence-electron chi connectivity index (χ3n) is 5.19. The third-order valence-corrected chi connectivity index (χ3v) is 5.19. The summed E-state index contributed by atoms with van der Waals surface area (Å²) < 4.78 is 49.6. The summed E-state index contributed by atoms with van der Waals surface area (Å²) >= 11 is 0. The zero-order valence-corrected chi connectivity index (χ0v) is 15.4. The van der Waals surface area contributed by atoms with Crippen LogP contribution in [0, 0.1) is 5.92 Å². The predicted octanol–water partition coefficient (Wildman–Crippen LogP) is 6.12. The fourth-order valence-corrected chi connectivity index (χ4v) is 3.67. The summed E-state index contributed by atoms with van der Waals surface area (Å²) in [6.07, 6.45) is 0.318. The van der Waals surface area contributed by atoms with Crippen molar-refractivity contribution in [3.63, 3.8) is 0 Å². The van der Waals surface area contributed by atoms with Crippen LogP contribution in [0.25, 0.3) is 11.3 Å². The lowest BCUT2D eigenvalue weighted by molar-refractivity contribution is -0.137. The number of hydrogen-bond donors (Lipinski definition) is 1. The molecule has 0 radical (unpaired) electrons. The Labute approximate surface area is 157 Å². The Morgan fingerprint density at radius 1 is 1.15 bits per heavy atom. The molecule has 2 aromatic rings. The predicted molar refractivity (Wildman–Crippen MR) is 96.0 cm³/mol. The number of alkyl halides is 3. The van der Waals surface area contributed by atoms with E-state index in [1.807, 2.05) is 6.92 Å². The van der Waals surface area contributed by atoms with Crippen LogP contribution in [0.3, 0.4) is 0 Å². The summed E-state index contributed by atoms with van der Waals surface area (Å²) in [5.74, 6) is 1.17. The Morgan fingerprint density at radius 2 is 1.81 bits per heavy atom. The Hall–Kier alpha value is -1.79. The van der Waals surface area contributed by atoms with Crippen LogP contribution >= 0.6 is 0 Å². The average Bonchev–Trinajstić information content (AvgIpc) is 3.10. The lowest BCUT2D eigenvalue weighted by Gasteiger charge is -2.26. The van der Waals surface area contributed by atoms with E-state index in [0.29, 0.717) is 29.3 Å². The Kier molecular flexibility index (Phi) is 6.27. The van der Waals surface area contributed by atoms with Gasteiger partial charge in [0.25, 0.3) is 0 Å². The average molecular weight is 382 g/mol. The van der Waals surface area contributed by atoms with Gasteiger partial charge in [-0.25, -0.2) is 0 Å². The summed E-state index contributed by atoms with van der Waals surface area (Å²) in [5, 5.41) is 10.9. The number of benzene rings is 1. The highest BCUT2D eigenvalue weighted by molar-refractivity contribution is 5.59. The van der Waals surface area contributed by atoms with E-state index in [1.54, 1.807) is 6.07 Å². The van der Waals surface area contributed by atoms with Crippen molar-refractivity contribution < 1.29 is 27.4 Å². The Bertz CT molecular complexity index is 728. The largest absolute Gasteiger partial charge is 0.458 e. The van der Waals surface area contributed by atoms with E-state index in [-0.39, 0.29) is 12.5 Å². The maximum absolute atomic E-state index is 12.8. The van der Waals surface area contributed by atoms with Gasteiger partial charge in [-0.15, -0.1) is 0 Å². The van der Waals surface area contributed by atoms with Crippen molar-refractivity contribution in [1.29, 1.82) is 0 Å². The summed E-state index contributed by atoms with van der Waals surface area (Å²) in [7, 11) is 0. The second-order valence-corrected chi connectivity index (χ2v) is 7.04. The summed E-state index contributed by atoms with van der Waals surface area (Å²) in [6, 6.07) is 6.61. The SMILES string of the molecule is CCOCc1oc(-c2ccc(C(F)(F)F)cc2)cc1C(O)C1CCCCC1. The molecule has 0 amide bonds. The highest BCUT2D eigenvalue weighted by Crippen LogP contribution is 2.39. The van der Waals surface area contributed by atoms with E-state index in [0.717, 1.165) is 37.8 Å². The van der Waals surface area contributed by atoms with Crippen molar-refractivity contribution in [3.05, 3.63) is 47.2 Å². The molecular weight excluding hydrogens is 357 g/mol.